The Hall–Kier alpha value is -3.99. The lowest BCUT2D eigenvalue weighted by Gasteiger charge is -2.19. The van der Waals surface area contributed by atoms with Crippen LogP contribution in [0.25, 0.3) is 50.0 Å². The third kappa shape index (κ3) is 2.82. The molecule has 162 valence electrons. The highest BCUT2D eigenvalue weighted by molar-refractivity contribution is 6.02. The number of hydrogen-bond acceptors (Lipinski definition) is 3. The van der Waals surface area contributed by atoms with E-state index in [4.69, 9.17) is 9.97 Å². The minimum atomic E-state index is -0.0406. The fourth-order valence-electron chi connectivity index (χ4n) is 4.68. The number of aromatic nitrogens is 4. The number of para-hydroxylation sites is 3. The zero-order chi connectivity index (χ0) is 22.9. The molecule has 3 heterocycles. The first-order valence-electron chi connectivity index (χ1n) is 11.1. The first-order chi connectivity index (χ1) is 15.8. The first-order valence-corrected chi connectivity index (χ1v) is 11.1. The summed E-state index contributed by atoms with van der Waals surface area (Å²) in [6.45, 7) is 6.62. The highest BCUT2D eigenvalue weighted by Crippen LogP contribution is 2.31. The van der Waals surface area contributed by atoms with Gasteiger partial charge < -0.3 is 4.57 Å². The van der Waals surface area contributed by atoms with Crippen molar-refractivity contribution < 1.29 is 0 Å². The number of nitrogens with zero attached hydrogens (tertiary/aromatic N) is 4. The molecule has 33 heavy (non-hydrogen) atoms. The molecule has 3 aromatic heterocycles. The standard InChI is InChI=1S/C28H24N4O/c1-28(2,3)18-15-13-17(14-16-18)25-30-26-23(24(33)19-9-5-7-11-21(19)31(26)4)27-29-20-10-6-8-12-22(20)32(25)27/h5-16H,1-4H3. The Morgan fingerprint density at radius 3 is 2.15 bits per heavy atom. The van der Waals surface area contributed by atoms with E-state index < -0.39 is 0 Å². The highest BCUT2D eigenvalue weighted by atomic mass is 16.1. The van der Waals surface area contributed by atoms with Crippen LogP contribution >= 0.6 is 0 Å². The number of hydrogen-bond donors (Lipinski definition) is 0. The first kappa shape index (κ1) is 19.7. The Balaban J connectivity index is 1.81. The van der Waals surface area contributed by atoms with Gasteiger partial charge in [0.2, 0.25) is 5.43 Å². The Kier molecular flexibility index (Phi) is 4.03. The molecule has 6 rings (SSSR count). The fourth-order valence-corrected chi connectivity index (χ4v) is 4.68. The molecule has 3 aromatic carbocycles. The van der Waals surface area contributed by atoms with E-state index in [0.717, 1.165) is 27.9 Å². The van der Waals surface area contributed by atoms with E-state index >= 15 is 0 Å². The van der Waals surface area contributed by atoms with E-state index in [1.807, 2.05) is 64.5 Å². The summed E-state index contributed by atoms with van der Waals surface area (Å²) >= 11 is 0. The van der Waals surface area contributed by atoms with Crippen LogP contribution in [0.15, 0.2) is 77.6 Å². The number of imidazole rings is 1. The van der Waals surface area contributed by atoms with Gasteiger partial charge in [-0.1, -0.05) is 69.3 Å². The van der Waals surface area contributed by atoms with Gasteiger partial charge in [0.1, 0.15) is 16.9 Å². The van der Waals surface area contributed by atoms with Crippen LogP contribution in [0.3, 0.4) is 0 Å². The third-order valence-corrected chi connectivity index (χ3v) is 6.50. The zero-order valence-corrected chi connectivity index (χ0v) is 19.1. The van der Waals surface area contributed by atoms with Gasteiger partial charge in [-0.3, -0.25) is 9.20 Å². The van der Waals surface area contributed by atoms with Crippen molar-refractivity contribution in [3.05, 3.63) is 88.6 Å². The molecule has 5 nitrogen and oxygen atoms in total. The lowest BCUT2D eigenvalue weighted by molar-refractivity contribution is 0.590. The van der Waals surface area contributed by atoms with Gasteiger partial charge in [-0.25, -0.2) is 9.97 Å². The molecule has 0 radical (unpaired) electrons. The maximum atomic E-state index is 13.6. The van der Waals surface area contributed by atoms with E-state index in [9.17, 15) is 4.79 Å². The maximum absolute atomic E-state index is 13.6. The summed E-state index contributed by atoms with van der Waals surface area (Å²) in [7, 11) is 1.96. The number of rotatable bonds is 1. The van der Waals surface area contributed by atoms with Crippen molar-refractivity contribution in [1.29, 1.82) is 0 Å². The molecule has 0 saturated carbocycles. The molecule has 5 heteroatoms. The minimum Gasteiger partial charge on any atom is -0.328 e. The number of pyridine rings is 1. The Labute approximate surface area is 191 Å². The van der Waals surface area contributed by atoms with Crippen molar-refractivity contribution in [2.45, 2.75) is 26.2 Å². The summed E-state index contributed by atoms with van der Waals surface area (Å²) in [5.41, 5.74) is 6.18. The van der Waals surface area contributed by atoms with Gasteiger partial charge in [0, 0.05) is 18.0 Å². The van der Waals surface area contributed by atoms with Gasteiger partial charge in [-0.05, 0) is 35.2 Å². The van der Waals surface area contributed by atoms with E-state index in [-0.39, 0.29) is 10.8 Å². The molecule has 0 N–H and O–H groups in total. The molecule has 0 aliphatic rings. The Morgan fingerprint density at radius 1 is 0.758 bits per heavy atom. The SMILES string of the molecule is Cn1c2ccccc2c(=O)c2c1nc(-c1ccc(C(C)(C)C)cc1)n1c3ccccc3nc21. The summed E-state index contributed by atoms with van der Waals surface area (Å²) in [5.74, 6) is 0.775. The van der Waals surface area contributed by atoms with Crippen molar-refractivity contribution in [3.63, 3.8) is 0 Å². The summed E-state index contributed by atoms with van der Waals surface area (Å²) in [4.78, 5) is 23.6. The molecule has 6 aromatic rings. The zero-order valence-electron chi connectivity index (χ0n) is 19.1. The lowest BCUT2D eigenvalue weighted by Crippen LogP contribution is -2.14. The summed E-state index contributed by atoms with van der Waals surface area (Å²) in [6.07, 6.45) is 0. The highest BCUT2D eigenvalue weighted by Gasteiger charge is 2.21. The largest absolute Gasteiger partial charge is 0.328 e. The number of fused-ring (bicyclic) bond motifs is 6. The van der Waals surface area contributed by atoms with E-state index in [1.54, 1.807) is 0 Å². The topological polar surface area (TPSA) is 52.2 Å². The van der Waals surface area contributed by atoms with Gasteiger partial charge in [-0.2, -0.15) is 0 Å². The third-order valence-electron chi connectivity index (χ3n) is 6.50. The van der Waals surface area contributed by atoms with Crippen molar-refractivity contribution in [1.82, 2.24) is 18.9 Å². The lowest BCUT2D eigenvalue weighted by atomic mass is 9.86. The van der Waals surface area contributed by atoms with Crippen LogP contribution in [0, 0.1) is 0 Å². The summed E-state index contributed by atoms with van der Waals surface area (Å²) in [6, 6.07) is 24.2. The summed E-state index contributed by atoms with van der Waals surface area (Å²) < 4.78 is 4.03. The molecule has 0 saturated heterocycles. The smallest absolute Gasteiger partial charge is 0.202 e. The fraction of sp³-hybridized carbons (Fsp3) is 0.179. The van der Waals surface area contributed by atoms with Crippen LogP contribution in [0.1, 0.15) is 26.3 Å². The van der Waals surface area contributed by atoms with Gasteiger partial charge >= 0.3 is 0 Å². The molecule has 0 spiro atoms. The second-order valence-electron chi connectivity index (χ2n) is 9.63. The molecule has 0 bridgehead atoms. The molecular weight excluding hydrogens is 408 g/mol. The summed E-state index contributed by atoms with van der Waals surface area (Å²) in [5, 5.41) is 1.22. The van der Waals surface area contributed by atoms with Gasteiger partial charge in [0.25, 0.3) is 0 Å². The van der Waals surface area contributed by atoms with Crippen molar-refractivity contribution in [2.75, 3.05) is 0 Å². The molecule has 0 aliphatic carbocycles. The molecule has 0 amide bonds. The minimum absolute atomic E-state index is 0.0406. The van der Waals surface area contributed by atoms with Gasteiger partial charge in [-0.15, -0.1) is 0 Å². The maximum Gasteiger partial charge on any atom is 0.202 e. The predicted molar refractivity (Wildman–Crippen MR) is 135 cm³/mol. The molecule has 0 fully saturated rings. The van der Waals surface area contributed by atoms with Gasteiger partial charge in [0.05, 0.1) is 16.6 Å². The van der Waals surface area contributed by atoms with Crippen LogP contribution in [0.5, 0.6) is 0 Å². The predicted octanol–water partition coefficient (Wildman–Crippen LogP) is 5.85. The monoisotopic (exact) mass is 432 g/mol. The second-order valence-corrected chi connectivity index (χ2v) is 9.63. The van der Waals surface area contributed by atoms with Crippen LogP contribution in [0.4, 0.5) is 0 Å². The van der Waals surface area contributed by atoms with Crippen LogP contribution in [-0.4, -0.2) is 18.9 Å². The van der Waals surface area contributed by atoms with E-state index in [2.05, 4.69) is 45.0 Å². The van der Waals surface area contributed by atoms with E-state index in [0.29, 0.717) is 22.1 Å². The Bertz CT molecular complexity index is 1770. The van der Waals surface area contributed by atoms with Gasteiger partial charge in [0.15, 0.2) is 5.65 Å². The van der Waals surface area contributed by atoms with Crippen LogP contribution < -0.4 is 5.43 Å². The molecular formula is C28H24N4O. The second kappa shape index (κ2) is 6.75. The van der Waals surface area contributed by atoms with Crippen molar-refractivity contribution in [3.8, 4) is 11.4 Å². The number of benzene rings is 3. The quantitative estimate of drug-likeness (QED) is 0.306. The normalized spacial score (nSPS) is 12.4. The number of aryl methyl sites for hydroxylation is 1. The average molecular weight is 433 g/mol. The van der Waals surface area contributed by atoms with Crippen LogP contribution in [-0.2, 0) is 12.5 Å². The Morgan fingerprint density at radius 2 is 1.42 bits per heavy atom. The van der Waals surface area contributed by atoms with E-state index in [1.165, 1.54) is 5.56 Å². The molecule has 0 aliphatic heterocycles. The molecule has 0 unspecified atom stereocenters. The van der Waals surface area contributed by atoms with Crippen molar-refractivity contribution >= 4 is 38.6 Å². The van der Waals surface area contributed by atoms with Crippen LogP contribution in [0.2, 0.25) is 0 Å². The van der Waals surface area contributed by atoms with Crippen molar-refractivity contribution in [2.24, 2.45) is 7.05 Å². The molecule has 0 atom stereocenters. The average Bonchev–Trinajstić information content (AvgIpc) is 3.21.